The molecule has 0 bridgehead atoms. The molecule has 0 aliphatic carbocycles. The average Bonchev–Trinajstić information content (AvgIpc) is 2.71. The molecule has 1 radical (unpaired) electrons. The molecule has 2 heteroatoms. The van der Waals surface area contributed by atoms with E-state index in [2.05, 4.69) is 54.7 Å². The first kappa shape index (κ1) is 13.3. The van der Waals surface area contributed by atoms with Crippen molar-refractivity contribution in [3.05, 3.63) is 30.9 Å². The highest BCUT2D eigenvalue weighted by molar-refractivity contribution is 5.77. The predicted octanol–water partition coefficient (Wildman–Crippen LogP) is 4.42. The van der Waals surface area contributed by atoms with Crippen LogP contribution in [0.1, 0.15) is 45.4 Å². The van der Waals surface area contributed by atoms with Crippen LogP contribution >= 0.6 is 0 Å². The number of unbranched alkanes of at least 4 members (excludes halogenated alkanes) is 5. The third-order valence-electron chi connectivity index (χ3n) is 3.64. The van der Waals surface area contributed by atoms with Crippen molar-refractivity contribution in [3.63, 3.8) is 0 Å². The Hall–Kier alpha value is -1.18. The lowest BCUT2D eigenvalue weighted by atomic mass is 10.1. The Labute approximate surface area is 112 Å². The lowest BCUT2D eigenvalue weighted by molar-refractivity contribution is 0.606. The molecule has 18 heavy (non-hydrogen) atoms. The first-order valence-corrected chi connectivity index (χ1v) is 7.26. The van der Waals surface area contributed by atoms with E-state index in [-0.39, 0.29) is 0 Å². The van der Waals surface area contributed by atoms with E-state index in [9.17, 15) is 0 Å². The minimum Gasteiger partial charge on any atom is -0.349 e. The number of nitrogens with zero attached hydrogens (tertiary/aromatic N) is 2. The van der Waals surface area contributed by atoms with Crippen LogP contribution in [0.15, 0.2) is 24.3 Å². The monoisotopic (exact) mass is 245 g/mol. The van der Waals surface area contributed by atoms with Gasteiger partial charge in [0.1, 0.15) is 6.67 Å². The van der Waals surface area contributed by atoms with Gasteiger partial charge in [0.05, 0.1) is 11.4 Å². The van der Waals surface area contributed by atoms with Crippen LogP contribution in [-0.4, -0.2) is 13.6 Å². The zero-order chi connectivity index (χ0) is 12.8. The van der Waals surface area contributed by atoms with Crippen LogP contribution < -0.4 is 9.80 Å². The molecule has 1 aromatic carbocycles. The number of hydrogen-bond donors (Lipinski definition) is 0. The van der Waals surface area contributed by atoms with E-state index in [0.29, 0.717) is 0 Å². The molecule has 2 nitrogen and oxygen atoms in total. The molecule has 2 rings (SSSR count). The molecule has 1 heterocycles. The summed E-state index contributed by atoms with van der Waals surface area (Å²) >= 11 is 0. The standard InChI is InChI=1S/C16H25N2/c1-3-4-5-6-7-10-13-18-14-17(2)15-11-8-9-12-16(15)18/h8-9,11-12,14H,3-7,10,13H2,1-2H3. The van der Waals surface area contributed by atoms with Crippen molar-refractivity contribution < 1.29 is 0 Å². The van der Waals surface area contributed by atoms with Crippen molar-refractivity contribution in [2.45, 2.75) is 45.4 Å². The summed E-state index contributed by atoms with van der Waals surface area (Å²) < 4.78 is 0. The first-order valence-electron chi connectivity index (χ1n) is 7.26. The maximum Gasteiger partial charge on any atom is 0.142 e. The Bertz CT molecular complexity index is 362. The molecule has 0 fully saturated rings. The number of para-hydroxylation sites is 2. The molecule has 0 saturated carbocycles. The normalized spacial score (nSPS) is 14.1. The molecule has 1 aliphatic rings. The fourth-order valence-corrected chi connectivity index (χ4v) is 2.58. The van der Waals surface area contributed by atoms with Crippen LogP contribution in [0.25, 0.3) is 0 Å². The average molecular weight is 245 g/mol. The third-order valence-corrected chi connectivity index (χ3v) is 3.64. The Morgan fingerprint density at radius 1 is 0.889 bits per heavy atom. The molecule has 0 spiro atoms. The molecule has 1 aromatic rings. The van der Waals surface area contributed by atoms with Crippen molar-refractivity contribution in [2.75, 3.05) is 23.4 Å². The summed E-state index contributed by atoms with van der Waals surface area (Å²) in [4.78, 5) is 4.60. The third kappa shape index (κ3) is 3.18. The van der Waals surface area contributed by atoms with E-state index in [1.54, 1.807) is 0 Å². The van der Waals surface area contributed by atoms with Gasteiger partial charge in [0, 0.05) is 13.6 Å². The molecule has 0 atom stereocenters. The summed E-state index contributed by atoms with van der Waals surface area (Å²) in [5.41, 5.74) is 2.68. The van der Waals surface area contributed by atoms with Crippen LogP contribution in [-0.2, 0) is 0 Å². The Morgan fingerprint density at radius 3 is 2.33 bits per heavy atom. The van der Waals surface area contributed by atoms with Gasteiger partial charge >= 0.3 is 0 Å². The molecule has 0 aromatic heterocycles. The number of hydrogen-bond acceptors (Lipinski definition) is 2. The summed E-state index contributed by atoms with van der Waals surface area (Å²) in [6.07, 6.45) is 8.16. The molecule has 99 valence electrons. The van der Waals surface area contributed by atoms with Gasteiger partial charge in [0.15, 0.2) is 0 Å². The molecule has 1 aliphatic heterocycles. The van der Waals surface area contributed by atoms with Gasteiger partial charge in [-0.05, 0) is 18.6 Å². The highest BCUT2D eigenvalue weighted by atomic mass is 15.4. The Balaban J connectivity index is 1.75. The second-order valence-corrected chi connectivity index (χ2v) is 5.18. The van der Waals surface area contributed by atoms with Gasteiger partial charge < -0.3 is 9.80 Å². The minimum atomic E-state index is 1.15. The highest BCUT2D eigenvalue weighted by Gasteiger charge is 2.22. The van der Waals surface area contributed by atoms with E-state index in [1.807, 2.05) is 0 Å². The molecule has 0 saturated heterocycles. The number of benzene rings is 1. The van der Waals surface area contributed by atoms with Gasteiger partial charge in [-0.15, -0.1) is 0 Å². The summed E-state index contributed by atoms with van der Waals surface area (Å²) in [7, 11) is 2.13. The molecule has 0 amide bonds. The maximum absolute atomic E-state index is 2.38. The highest BCUT2D eigenvalue weighted by Crippen LogP contribution is 2.36. The van der Waals surface area contributed by atoms with Crippen LogP contribution in [0.5, 0.6) is 0 Å². The van der Waals surface area contributed by atoms with Crippen molar-refractivity contribution in [2.24, 2.45) is 0 Å². The van der Waals surface area contributed by atoms with Gasteiger partial charge in [-0.2, -0.15) is 0 Å². The second kappa shape index (κ2) is 6.67. The van der Waals surface area contributed by atoms with Crippen molar-refractivity contribution in [3.8, 4) is 0 Å². The van der Waals surface area contributed by atoms with E-state index in [0.717, 1.165) is 6.54 Å². The fourth-order valence-electron chi connectivity index (χ4n) is 2.58. The topological polar surface area (TPSA) is 6.48 Å². The summed E-state index contributed by atoms with van der Waals surface area (Å²) in [6.45, 7) is 5.64. The lowest BCUT2D eigenvalue weighted by Gasteiger charge is -2.18. The van der Waals surface area contributed by atoms with Gasteiger partial charge in [-0.3, -0.25) is 0 Å². The Kier molecular flexibility index (Phi) is 4.91. The number of fused-ring (bicyclic) bond motifs is 1. The van der Waals surface area contributed by atoms with Crippen molar-refractivity contribution in [1.29, 1.82) is 0 Å². The van der Waals surface area contributed by atoms with Gasteiger partial charge in [-0.25, -0.2) is 0 Å². The second-order valence-electron chi connectivity index (χ2n) is 5.18. The molecular formula is C16H25N2. The molecule has 0 N–H and O–H groups in total. The summed E-state index contributed by atoms with van der Waals surface area (Å²) in [5.74, 6) is 0. The SMILES string of the molecule is CCCCCCCCN1[CH]N(C)c2ccccc21. The van der Waals surface area contributed by atoms with E-state index >= 15 is 0 Å². The van der Waals surface area contributed by atoms with Gasteiger partial charge in [0.25, 0.3) is 0 Å². The smallest absolute Gasteiger partial charge is 0.142 e. The largest absolute Gasteiger partial charge is 0.349 e. The fraction of sp³-hybridized carbons (Fsp3) is 0.562. The molecular weight excluding hydrogens is 220 g/mol. The predicted molar refractivity (Wildman–Crippen MR) is 79.9 cm³/mol. The van der Waals surface area contributed by atoms with E-state index in [4.69, 9.17) is 0 Å². The van der Waals surface area contributed by atoms with E-state index in [1.165, 1.54) is 49.9 Å². The van der Waals surface area contributed by atoms with Crippen LogP contribution in [0.2, 0.25) is 0 Å². The van der Waals surface area contributed by atoms with E-state index < -0.39 is 0 Å². The zero-order valence-electron chi connectivity index (χ0n) is 11.7. The van der Waals surface area contributed by atoms with Crippen LogP contribution in [0.4, 0.5) is 11.4 Å². The quantitative estimate of drug-likeness (QED) is 0.656. The molecule has 0 unspecified atom stereocenters. The van der Waals surface area contributed by atoms with Crippen LogP contribution in [0.3, 0.4) is 0 Å². The van der Waals surface area contributed by atoms with Crippen molar-refractivity contribution in [1.82, 2.24) is 0 Å². The summed E-state index contributed by atoms with van der Waals surface area (Å²) in [6, 6.07) is 8.64. The Morgan fingerprint density at radius 2 is 1.56 bits per heavy atom. The van der Waals surface area contributed by atoms with Gasteiger partial charge in [0.2, 0.25) is 0 Å². The first-order chi connectivity index (χ1) is 8.83. The summed E-state index contributed by atoms with van der Waals surface area (Å²) in [5, 5.41) is 0. The van der Waals surface area contributed by atoms with Crippen molar-refractivity contribution >= 4 is 11.4 Å². The van der Waals surface area contributed by atoms with Gasteiger partial charge in [-0.1, -0.05) is 51.2 Å². The number of anilines is 2. The maximum atomic E-state index is 2.38. The number of rotatable bonds is 7. The minimum absolute atomic E-state index is 1.15. The lowest BCUT2D eigenvalue weighted by Crippen LogP contribution is -2.23. The zero-order valence-corrected chi connectivity index (χ0v) is 11.7. The van der Waals surface area contributed by atoms with Crippen LogP contribution in [0, 0.1) is 6.67 Å².